The van der Waals surface area contributed by atoms with Crippen LogP contribution in [0.5, 0.6) is 0 Å². The molecule has 0 spiro atoms. The molecule has 0 aromatic carbocycles. The normalized spacial score (nSPS) is 26.7. The van der Waals surface area contributed by atoms with Crippen LogP contribution in [-0.4, -0.2) is 5.78 Å². The van der Waals surface area contributed by atoms with Gasteiger partial charge in [0.25, 0.3) is 0 Å². The molecule has 1 saturated carbocycles. The fraction of sp³-hybridized carbons (Fsp3) is 0.545. The number of ketones is 1. The van der Waals surface area contributed by atoms with Gasteiger partial charge in [-0.05, 0) is 36.6 Å². The molecule has 0 saturated heterocycles. The smallest absolute Gasteiger partial charge is 0.168 e. The molecule has 14 heavy (non-hydrogen) atoms. The van der Waals surface area contributed by atoms with Crippen LogP contribution in [0.25, 0.3) is 0 Å². The quantitative estimate of drug-likeness (QED) is 0.699. The van der Waals surface area contributed by atoms with Gasteiger partial charge in [0.05, 0.1) is 0 Å². The van der Waals surface area contributed by atoms with Gasteiger partial charge in [-0.15, -0.1) is 11.3 Å². The molecule has 0 amide bonds. The topological polar surface area (TPSA) is 17.1 Å². The van der Waals surface area contributed by atoms with Crippen LogP contribution in [0.15, 0.2) is 11.4 Å². The summed E-state index contributed by atoms with van der Waals surface area (Å²) in [5.74, 6) is 1.17. The minimum absolute atomic E-state index is 0.220. The van der Waals surface area contributed by atoms with Crippen LogP contribution in [0.3, 0.4) is 0 Å². The average molecular weight is 229 g/mol. The van der Waals surface area contributed by atoms with Gasteiger partial charge in [0.15, 0.2) is 5.78 Å². The van der Waals surface area contributed by atoms with E-state index < -0.39 is 0 Å². The maximum Gasteiger partial charge on any atom is 0.168 e. The van der Waals surface area contributed by atoms with Gasteiger partial charge < -0.3 is 0 Å². The van der Waals surface area contributed by atoms with E-state index in [0.29, 0.717) is 10.3 Å². The highest BCUT2D eigenvalue weighted by atomic mass is 35.5. The molecule has 2 unspecified atom stereocenters. The Morgan fingerprint density at radius 3 is 2.86 bits per heavy atom. The third-order valence-electron chi connectivity index (χ3n) is 2.95. The lowest BCUT2D eigenvalue weighted by atomic mass is 9.97. The first-order valence-corrected chi connectivity index (χ1v) is 6.21. The molecule has 2 rings (SSSR count). The summed E-state index contributed by atoms with van der Waals surface area (Å²) in [5, 5.41) is 1.88. The van der Waals surface area contributed by atoms with Gasteiger partial charge in [-0.2, -0.15) is 0 Å². The molecule has 1 aliphatic rings. The summed E-state index contributed by atoms with van der Waals surface area (Å²) < 4.78 is 0.648. The van der Waals surface area contributed by atoms with Crippen molar-refractivity contribution in [3.8, 4) is 0 Å². The van der Waals surface area contributed by atoms with Crippen LogP contribution in [-0.2, 0) is 0 Å². The number of rotatable bonds is 2. The van der Waals surface area contributed by atoms with Crippen molar-refractivity contribution < 1.29 is 4.79 Å². The summed E-state index contributed by atoms with van der Waals surface area (Å²) in [5.41, 5.74) is 0.732. The molecule has 1 fully saturated rings. The molecule has 3 heteroatoms. The van der Waals surface area contributed by atoms with Crippen LogP contribution in [0.2, 0.25) is 4.34 Å². The van der Waals surface area contributed by atoms with Crippen LogP contribution >= 0.6 is 22.9 Å². The van der Waals surface area contributed by atoms with Crippen molar-refractivity contribution >= 4 is 28.7 Å². The molecule has 0 radical (unpaired) electrons. The van der Waals surface area contributed by atoms with E-state index in [9.17, 15) is 4.79 Å². The van der Waals surface area contributed by atoms with Crippen LogP contribution in [0.4, 0.5) is 0 Å². The lowest BCUT2D eigenvalue weighted by molar-refractivity contribution is 0.0921. The number of carbonyl (C=O) groups excluding carboxylic acids is 1. The third kappa shape index (κ3) is 1.86. The molecule has 2 atom stereocenters. The average Bonchev–Trinajstić information content (AvgIpc) is 2.73. The van der Waals surface area contributed by atoms with E-state index in [4.69, 9.17) is 11.6 Å². The number of halogens is 1. The van der Waals surface area contributed by atoms with Gasteiger partial charge in [-0.3, -0.25) is 4.79 Å². The Bertz CT molecular complexity index is 345. The van der Waals surface area contributed by atoms with Gasteiger partial charge in [0, 0.05) is 11.5 Å². The molecule has 0 N–H and O–H groups in total. The maximum atomic E-state index is 12.0. The molecule has 1 aromatic heterocycles. The van der Waals surface area contributed by atoms with E-state index in [1.165, 1.54) is 17.8 Å². The van der Waals surface area contributed by atoms with Crippen molar-refractivity contribution in [3.63, 3.8) is 0 Å². The first-order chi connectivity index (χ1) is 6.68. The Morgan fingerprint density at radius 1 is 1.57 bits per heavy atom. The largest absolute Gasteiger partial charge is 0.294 e. The van der Waals surface area contributed by atoms with Crippen molar-refractivity contribution in [2.75, 3.05) is 0 Å². The molecular formula is C11H13ClOS. The highest BCUT2D eigenvalue weighted by Gasteiger charge is 2.29. The van der Waals surface area contributed by atoms with E-state index in [2.05, 4.69) is 6.92 Å². The second kappa shape index (κ2) is 4.03. The Morgan fingerprint density at radius 2 is 2.36 bits per heavy atom. The second-order valence-electron chi connectivity index (χ2n) is 4.09. The number of carbonyl (C=O) groups is 1. The molecule has 1 heterocycles. The number of thiophene rings is 1. The van der Waals surface area contributed by atoms with Crippen molar-refractivity contribution in [2.45, 2.75) is 26.2 Å². The van der Waals surface area contributed by atoms with E-state index >= 15 is 0 Å². The van der Waals surface area contributed by atoms with Crippen molar-refractivity contribution in [2.24, 2.45) is 11.8 Å². The first-order valence-electron chi connectivity index (χ1n) is 4.95. The van der Waals surface area contributed by atoms with Crippen molar-refractivity contribution in [3.05, 3.63) is 21.3 Å². The third-order valence-corrected chi connectivity index (χ3v) is 4.12. The van der Waals surface area contributed by atoms with Gasteiger partial charge in [0.2, 0.25) is 0 Å². The number of hydrogen-bond donors (Lipinski definition) is 0. The zero-order chi connectivity index (χ0) is 10.1. The number of Topliss-reactive ketones (excluding diaryl/α,β-unsaturated/α-hetero) is 1. The lowest BCUT2D eigenvalue weighted by Crippen LogP contribution is -2.10. The Kier molecular flexibility index (Phi) is 2.93. The Labute approximate surface area is 93.1 Å². The number of hydrogen-bond acceptors (Lipinski definition) is 2. The molecule has 0 aliphatic heterocycles. The standard InChI is InChI=1S/C11H13ClOS/c1-7-2-3-8(6-7)10(13)9-4-5-14-11(9)12/h4-5,7-8H,2-3,6H2,1H3. The summed E-state index contributed by atoms with van der Waals surface area (Å²) in [4.78, 5) is 12.0. The fourth-order valence-electron chi connectivity index (χ4n) is 2.13. The van der Waals surface area contributed by atoms with E-state index in [0.717, 1.165) is 18.4 Å². The minimum atomic E-state index is 0.220. The molecule has 1 aromatic rings. The SMILES string of the molecule is CC1CCC(C(=O)c2ccsc2Cl)C1. The first kappa shape index (κ1) is 10.2. The lowest BCUT2D eigenvalue weighted by Gasteiger charge is -2.06. The zero-order valence-electron chi connectivity index (χ0n) is 8.13. The van der Waals surface area contributed by atoms with Gasteiger partial charge in [0.1, 0.15) is 4.34 Å². The van der Waals surface area contributed by atoms with Crippen molar-refractivity contribution in [1.29, 1.82) is 0 Å². The predicted molar refractivity (Wildman–Crippen MR) is 60.2 cm³/mol. The van der Waals surface area contributed by atoms with Crippen LogP contribution in [0.1, 0.15) is 36.5 Å². The predicted octanol–water partition coefficient (Wildman–Crippen LogP) is 4.02. The van der Waals surface area contributed by atoms with Gasteiger partial charge >= 0.3 is 0 Å². The van der Waals surface area contributed by atoms with E-state index in [-0.39, 0.29) is 11.7 Å². The Balaban J connectivity index is 2.13. The fourth-order valence-corrected chi connectivity index (χ4v) is 3.06. The summed E-state index contributed by atoms with van der Waals surface area (Å²) in [6.45, 7) is 2.21. The van der Waals surface area contributed by atoms with Gasteiger partial charge in [-0.25, -0.2) is 0 Å². The Hall–Kier alpha value is -0.340. The molecule has 1 aliphatic carbocycles. The summed E-state index contributed by atoms with van der Waals surface area (Å²) in [6.07, 6.45) is 3.25. The van der Waals surface area contributed by atoms with E-state index in [1.54, 1.807) is 0 Å². The summed E-state index contributed by atoms with van der Waals surface area (Å²) >= 11 is 7.38. The monoisotopic (exact) mass is 228 g/mol. The highest BCUT2D eigenvalue weighted by Crippen LogP contribution is 2.35. The summed E-state index contributed by atoms with van der Waals surface area (Å²) in [7, 11) is 0. The molecule has 1 nitrogen and oxygen atoms in total. The summed E-state index contributed by atoms with van der Waals surface area (Å²) in [6, 6.07) is 1.85. The minimum Gasteiger partial charge on any atom is -0.294 e. The second-order valence-corrected chi connectivity index (χ2v) is 5.61. The maximum absolute atomic E-state index is 12.0. The van der Waals surface area contributed by atoms with Crippen LogP contribution < -0.4 is 0 Å². The van der Waals surface area contributed by atoms with Crippen molar-refractivity contribution in [1.82, 2.24) is 0 Å². The molecule has 0 bridgehead atoms. The van der Waals surface area contributed by atoms with Crippen LogP contribution in [0, 0.1) is 11.8 Å². The van der Waals surface area contributed by atoms with E-state index in [1.807, 2.05) is 11.4 Å². The highest BCUT2D eigenvalue weighted by molar-refractivity contribution is 7.14. The van der Waals surface area contributed by atoms with Gasteiger partial charge in [-0.1, -0.05) is 18.5 Å². The molecule has 76 valence electrons. The zero-order valence-corrected chi connectivity index (χ0v) is 9.70. The molecular weight excluding hydrogens is 216 g/mol.